The second kappa shape index (κ2) is 6.22. The minimum Gasteiger partial charge on any atom is -0.454 e. The number of nitrogens with zero attached hydrogens (tertiary/aromatic N) is 2. The zero-order chi connectivity index (χ0) is 19.3. The lowest BCUT2D eigenvalue weighted by molar-refractivity contribution is 0.174. The van der Waals surface area contributed by atoms with E-state index < -0.39 is 5.92 Å². The van der Waals surface area contributed by atoms with E-state index in [0.29, 0.717) is 28.0 Å². The number of hydrogen-bond acceptors (Lipinski definition) is 6. The van der Waals surface area contributed by atoms with E-state index in [-0.39, 0.29) is 12.7 Å². The SMILES string of the molecule is N#CC1=C(N)Oc2n[nH]c(-c3ccc(Cl)cc3)c2[C@@H]1c1ccc2c(c1)OCO2. The third-order valence-corrected chi connectivity index (χ3v) is 5.05. The van der Waals surface area contributed by atoms with E-state index >= 15 is 0 Å². The fourth-order valence-corrected chi connectivity index (χ4v) is 3.63. The van der Waals surface area contributed by atoms with E-state index in [2.05, 4.69) is 16.3 Å². The van der Waals surface area contributed by atoms with Crippen molar-refractivity contribution in [3.63, 3.8) is 0 Å². The summed E-state index contributed by atoms with van der Waals surface area (Å²) in [5.41, 5.74) is 9.48. The molecule has 2 aliphatic rings. The van der Waals surface area contributed by atoms with E-state index in [1.165, 1.54) is 0 Å². The van der Waals surface area contributed by atoms with Gasteiger partial charge in [0.1, 0.15) is 11.6 Å². The zero-order valence-corrected chi connectivity index (χ0v) is 15.2. The molecule has 1 atom stereocenters. The van der Waals surface area contributed by atoms with Gasteiger partial charge in [-0.1, -0.05) is 29.8 Å². The molecule has 0 radical (unpaired) electrons. The van der Waals surface area contributed by atoms with Crippen molar-refractivity contribution in [2.75, 3.05) is 6.79 Å². The molecular weight excluding hydrogens is 380 g/mol. The van der Waals surface area contributed by atoms with Crippen LogP contribution in [0.1, 0.15) is 17.0 Å². The Kier molecular flexibility index (Phi) is 3.67. The van der Waals surface area contributed by atoms with Gasteiger partial charge in [-0.2, -0.15) is 5.26 Å². The van der Waals surface area contributed by atoms with Crippen LogP contribution in [-0.4, -0.2) is 17.0 Å². The van der Waals surface area contributed by atoms with Crippen molar-refractivity contribution in [2.24, 2.45) is 5.73 Å². The quantitative estimate of drug-likeness (QED) is 0.689. The molecule has 2 aliphatic heterocycles. The number of aromatic nitrogens is 2. The van der Waals surface area contributed by atoms with Crippen LogP contribution in [0.4, 0.5) is 0 Å². The molecule has 0 unspecified atom stereocenters. The van der Waals surface area contributed by atoms with Crippen LogP contribution in [0.3, 0.4) is 0 Å². The molecule has 1 aromatic heterocycles. The first-order chi connectivity index (χ1) is 13.7. The van der Waals surface area contributed by atoms with Crippen LogP contribution in [-0.2, 0) is 0 Å². The monoisotopic (exact) mass is 392 g/mol. The van der Waals surface area contributed by atoms with Crippen molar-refractivity contribution in [1.82, 2.24) is 10.2 Å². The Morgan fingerprint density at radius 1 is 1.14 bits per heavy atom. The smallest absolute Gasteiger partial charge is 0.244 e. The van der Waals surface area contributed by atoms with E-state index in [1.807, 2.05) is 30.3 Å². The lowest BCUT2D eigenvalue weighted by Crippen LogP contribution is -2.21. The number of rotatable bonds is 2. The van der Waals surface area contributed by atoms with E-state index in [4.69, 9.17) is 31.5 Å². The molecule has 0 fully saturated rings. The Balaban J connectivity index is 1.71. The second-order valence-electron chi connectivity index (χ2n) is 6.36. The number of nitrogens with two attached hydrogens (primary N) is 1. The highest BCUT2D eigenvalue weighted by molar-refractivity contribution is 6.30. The number of H-pyrrole nitrogens is 1. The summed E-state index contributed by atoms with van der Waals surface area (Å²) in [5, 5.41) is 17.7. The van der Waals surface area contributed by atoms with Gasteiger partial charge >= 0.3 is 0 Å². The summed E-state index contributed by atoms with van der Waals surface area (Å²) < 4.78 is 16.5. The van der Waals surface area contributed by atoms with Gasteiger partial charge in [0.25, 0.3) is 0 Å². The van der Waals surface area contributed by atoms with Crippen LogP contribution in [0.5, 0.6) is 17.4 Å². The first kappa shape index (κ1) is 16.5. The predicted octanol–water partition coefficient (Wildman–Crippen LogP) is 3.68. The van der Waals surface area contributed by atoms with Crippen molar-refractivity contribution in [2.45, 2.75) is 5.92 Å². The molecule has 0 saturated heterocycles. The number of nitrogens with one attached hydrogen (secondary N) is 1. The fourth-order valence-electron chi connectivity index (χ4n) is 3.51. The Bertz CT molecular complexity index is 1160. The van der Waals surface area contributed by atoms with Gasteiger partial charge in [-0.15, -0.1) is 5.10 Å². The van der Waals surface area contributed by atoms with Gasteiger partial charge < -0.3 is 19.9 Å². The number of allylic oxidation sites excluding steroid dienone is 1. The standard InChI is InChI=1S/C20H13ClN4O3/c21-12-4-1-10(2-5-12)18-17-16(11-3-6-14-15(7-11)27-9-26-14)13(8-22)19(23)28-20(17)25-24-18/h1-7,16H,9,23H2,(H,24,25)/t16-/m1/s1. The Hall–Kier alpha value is -3.63. The summed E-state index contributed by atoms with van der Waals surface area (Å²) in [6.45, 7) is 0.169. The normalized spacial score (nSPS) is 17.1. The highest BCUT2D eigenvalue weighted by Gasteiger charge is 2.36. The average molecular weight is 393 g/mol. The summed E-state index contributed by atoms with van der Waals surface area (Å²) >= 11 is 6.02. The molecule has 0 saturated carbocycles. The average Bonchev–Trinajstić information content (AvgIpc) is 3.33. The van der Waals surface area contributed by atoms with Gasteiger partial charge in [-0.25, -0.2) is 0 Å². The maximum absolute atomic E-state index is 9.78. The molecule has 28 heavy (non-hydrogen) atoms. The second-order valence-corrected chi connectivity index (χ2v) is 6.80. The Labute approximate surface area is 164 Å². The largest absolute Gasteiger partial charge is 0.454 e. The number of halogens is 1. The highest BCUT2D eigenvalue weighted by Crippen LogP contribution is 2.47. The third kappa shape index (κ3) is 2.47. The molecule has 3 aromatic rings. The molecule has 3 heterocycles. The molecule has 0 amide bonds. The fraction of sp³-hybridized carbons (Fsp3) is 0.100. The van der Waals surface area contributed by atoms with Crippen molar-refractivity contribution < 1.29 is 14.2 Å². The number of aromatic amines is 1. The van der Waals surface area contributed by atoms with Gasteiger partial charge in [0.15, 0.2) is 11.5 Å². The van der Waals surface area contributed by atoms with E-state index in [0.717, 1.165) is 22.4 Å². The predicted molar refractivity (Wildman–Crippen MR) is 101 cm³/mol. The van der Waals surface area contributed by atoms with Crippen molar-refractivity contribution >= 4 is 11.6 Å². The van der Waals surface area contributed by atoms with Gasteiger partial charge in [-0.3, -0.25) is 5.10 Å². The van der Waals surface area contributed by atoms with Gasteiger partial charge in [0.2, 0.25) is 18.6 Å². The van der Waals surface area contributed by atoms with Gasteiger partial charge in [0.05, 0.1) is 17.2 Å². The van der Waals surface area contributed by atoms with Crippen LogP contribution in [0.25, 0.3) is 11.3 Å². The molecule has 5 rings (SSSR count). The minimum atomic E-state index is -0.465. The number of hydrogen-bond donors (Lipinski definition) is 2. The van der Waals surface area contributed by atoms with Crippen LogP contribution in [0.2, 0.25) is 5.02 Å². The Morgan fingerprint density at radius 2 is 1.93 bits per heavy atom. The third-order valence-electron chi connectivity index (χ3n) is 4.80. The summed E-state index contributed by atoms with van der Waals surface area (Å²) in [7, 11) is 0. The van der Waals surface area contributed by atoms with Crippen LogP contribution >= 0.6 is 11.6 Å². The molecule has 2 aromatic carbocycles. The van der Waals surface area contributed by atoms with Crippen LogP contribution < -0.4 is 19.9 Å². The number of fused-ring (bicyclic) bond motifs is 2. The maximum Gasteiger partial charge on any atom is 0.244 e. The van der Waals surface area contributed by atoms with Crippen molar-refractivity contribution in [3.05, 3.63) is 70.1 Å². The first-order valence-electron chi connectivity index (χ1n) is 8.47. The first-order valence-corrected chi connectivity index (χ1v) is 8.85. The topological polar surface area (TPSA) is 106 Å². The zero-order valence-electron chi connectivity index (χ0n) is 14.4. The molecule has 7 nitrogen and oxygen atoms in total. The summed E-state index contributed by atoms with van der Waals surface area (Å²) in [6.07, 6.45) is 0. The number of ether oxygens (including phenoxy) is 3. The van der Waals surface area contributed by atoms with Crippen LogP contribution in [0.15, 0.2) is 53.9 Å². The highest BCUT2D eigenvalue weighted by atomic mass is 35.5. The van der Waals surface area contributed by atoms with Crippen molar-refractivity contribution in [3.8, 4) is 34.7 Å². The van der Waals surface area contributed by atoms with Crippen molar-refractivity contribution in [1.29, 1.82) is 5.26 Å². The molecule has 0 bridgehead atoms. The lowest BCUT2D eigenvalue weighted by Gasteiger charge is -2.24. The number of nitriles is 1. The molecule has 8 heteroatoms. The van der Waals surface area contributed by atoms with E-state index in [9.17, 15) is 5.26 Å². The van der Waals surface area contributed by atoms with Gasteiger partial charge in [-0.05, 0) is 29.8 Å². The van der Waals surface area contributed by atoms with Crippen LogP contribution in [0, 0.1) is 11.3 Å². The summed E-state index contributed by atoms with van der Waals surface area (Å²) in [4.78, 5) is 0. The Morgan fingerprint density at radius 3 is 2.71 bits per heavy atom. The summed E-state index contributed by atoms with van der Waals surface area (Å²) in [5.74, 6) is 1.19. The minimum absolute atomic E-state index is 0.0341. The molecule has 138 valence electrons. The van der Waals surface area contributed by atoms with Gasteiger partial charge in [0, 0.05) is 10.6 Å². The number of benzene rings is 2. The molecule has 0 spiro atoms. The molecular formula is C20H13ClN4O3. The lowest BCUT2D eigenvalue weighted by atomic mass is 9.83. The summed E-state index contributed by atoms with van der Waals surface area (Å²) in [6, 6.07) is 15.1. The molecule has 0 aliphatic carbocycles. The maximum atomic E-state index is 9.78. The molecule has 3 N–H and O–H groups in total. The van der Waals surface area contributed by atoms with E-state index in [1.54, 1.807) is 12.1 Å².